The summed E-state index contributed by atoms with van der Waals surface area (Å²) in [5, 5.41) is 0. The average molecular weight is 236 g/mol. The number of carbonyl (C=O) groups is 1. The Morgan fingerprint density at radius 1 is 1.41 bits per heavy atom. The molecule has 2 heteroatoms. The Morgan fingerprint density at radius 3 is 2.71 bits per heavy atom. The zero-order valence-electron chi connectivity index (χ0n) is 11.5. The number of rotatable bonds is 3. The quantitative estimate of drug-likeness (QED) is 0.420. The van der Waals surface area contributed by atoms with Crippen molar-refractivity contribution in [2.45, 2.75) is 52.9 Å². The van der Waals surface area contributed by atoms with Crippen LogP contribution in [0.5, 0.6) is 0 Å². The van der Waals surface area contributed by atoms with Crippen molar-refractivity contribution in [3.8, 4) is 0 Å². The summed E-state index contributed by atoms with van der Waals surface area (Å²) in [6, 6.07) is 0. The predicted octanol–water partition coefficient (Wildman–Crippen LogP) is 4.02. The molecule has 0 radical (unpaired) electrons. The SMILES string of the molecule is CC/C(C)=C1\CCCCC1/C=C(\C)C(=O)OC. The van der Waals surface area contributed by atoms with E-state index in [2.05, 4.69) is 19.9 Å². The van der Waals surface area contributed by atoms with Gasteiger partial charge in [-0.1, -0.05) is 30.6 Å². The zero-order valence-corrected chi connectivity index (χ0v) is 11.5. The summed E-state index contributed by atoms with van der Waals surface area (Å²) in [5.41, 5.74) is 3.77. The van der Waals surface area contributed by atoms with Crippen molar-refractivity contribution in [2.24, 2.45) is 5.92 Å². The van der Waals surface area contributed by atoms with Crippen LogP contribution in [0, 0.1) is 5.92 Å². The Balaban J connectivity index is 2.90. The van der Waals surface area contributed by atoms with Gasteiger partial charge >= 0.3 is 5.97 Å². The molecule has 0 bridgehead atoms. The maximum atomic E-state index is 11.4. The topological polar surface area (TPSA) is 26.3 Å². The van der Waals surface area contributed by atoms with Crippen LogP contribution in [0.2, 0.25) is 0 Å². The third-order valence-corrected chi connectivity index (χ3v) is 3.70. The molecule has 96 valence electrons. The van der Waals surface area contributed by atoms with Crippen LogP contribution in [0.15, 0.2) is 22.8 Å². The van der Waals surface area contributed by atoms with E-state index in [9.17, 15) is 4.79 Å². The van der Waals surface area contributed by atoms with E-state index < -0.39 is 0 Å². The number of methoxy groups -OCH3 is 1. The fourth-order valence-corrected chi connectivity index (χ4v) is 2.51. The van der Waals surface area contributed by atoms with Gasteiger partial charge in [-0.05, 0) is 45.4 Å². The van der Waals surface area contributed by atoms with Crippen molar-refractivity contribution in [2.75, 3.05) is 7.11 Å². The minimum Gasteiger partial charge on any atom is -0.466 e. The molecule has 0 spiro atoms. The van der Waals surface area contributed by atoms with Crippen LogP contribution < -0.4 is 0 Å². The van der Waals surface area contributed by atoms with E-state index in [0.29, 0.717) is 5.92 Å². The number of hydrogen-bond donors (Lipinski definition) is 0. The summed E-state index contributed by atoms with van der Waals surface area (Å²) < 4.78 is 4.75. The standard InChI is InChI=1S/C15H24O2/c1-5-11(2)14-9-7-6-8-13(14)10-12(3)15(16)17-4/h10,13H,5-9H2,1-4H3/b12-10+,14-11+. The first kappa shape index (κ1) is 14.0. The number of ether oxygens (including phenoxy) is 1. The minimum absolute atomic E-state index is 0.205. The summed E-state index contributed by atoms with van der Waals surface area (Å²) in [6.07, 6.45) is 8.11. The van der Waals surface area contributed by atoms with E-state index in [1.54, 1.807) is 5.57 Å². The van der Waals surface area contributed by atoms with Crippen molar-refractivity contribution < 1.29 is 9.53 Å². The number of hydrogen-bond acceptors (Lipinski definition) is 2. The van der Waals surface area contributed by atoms with Crippen LogP contribution in [0.25, 0.3) is 0 Å². The number of esters is 1. The van der Waals surface area contributed by atoms with Crippen LogP contribution in [0.1, 0.15) is 52.9 Å². The molecular formula is C15H24O2. The molecule has 0 saturated heterocycles. The lowest BCUT2D eigenvalue weighted by Crippen LogP contribution is -2.12. The Kier molecular flexibility index (Phi) is 5.46. The molecule has 0 aromatic heterocycles. The molecular weight excluding hydrogens is 212 g/mol. The molecule has 1 fully saturated rings. The van der Waals surface area contributed by atoms with E-state index in [0.717, 1.165) is 12.0 Å². The van der Waals surface area contributed by atoms with Gasteiger partial charge in [0.2, 0.25) is 0 Å². The molecule has 0 aromatic carbocycles. The highest BCUT2D eigenvalue weighted by Crippen LogP contribution is 2.34. The summed E-state index contributed by atoms with van der Waals surface area (Å²) >= 11 is 0. The highest BCUT2D eigenvalue weighted by Gasteiger charge is 2.19. The van der Waals surface area contributed by atoms with Crippen LogP contribution >= 0.6 is 0 Å². The van der Waals surface area contributed by atoms with Crippen LogP contribution in [0.3, 0.4) is 0 Å². The first-order valence-corrected chi connectivity index (χ1v) is 6.55. The van der Waals surface area contributed by atoms with Gasteiger partial charge in [0.05, 0.1) is 7.11 Å². The van der Waals surface area contributed by atoms with Gasteiger partial charge in [-0.25, -0.2) is 4.79 Å². The van der Waals surface area contributed by atoms with Crippen LogP contribution in [0.4, 0.5) is 0 Å². The van der Waals surface area contributed by atoms with E-state index in [-0.39, 0.29) is 5.97 Å². The first-order chi connectivity index (χ1) is 8.10. The minimum atomic E-state index is -0.205. The normalized spacial score (nSPS) is 24.5. The molecule has 1 rings (SSSR count). The van der Waals surface area contributed by atoms with Gasteiger partial charge in [0.25, 0.3) is 0 Å². The molecule has 0 aromatic rings. The Labute approximate surface area is 105 Å². The van der Waals surface area contributed by atoms with E-state index in [1.165, 1.54) is 38.4 Å². The smallest absolute Gasteiger partial charge is 0.333 e. The summed E-state index contributed by atoms with van der Waals surface area (Å²) in [5.74, 6) is 0.242. The van der Waals surface area contributed by atoms with Gasteiger partial charge in [0.15, 0.2) is 0 Å². The van der Waals surface area contributed by atoms with Gasteiger partial charge in [-0.3, -0.25) is 0 Å². The third kappa shape index (κ3) is 3.72. The van der Waals surface area contributed by atoms with Crippen LogP contribution in [-0.4, -0.2) is 13.1 Å². The maximum Gasteiger partial charge on any atom is 0.333 e. The van der Waals surface area contributed by atoms with Gasteiger partial charge in [0, 0.05) is 5.57 Å². The Morgan fingerprint density at radius 2 is 2.12 bits per heavy atom. The molecule has 1 unspecified atom stereocenters. The second-order valence-electron chi connectivity index (χ2n) is 4.85. The predicted molar refractivity (Wildman–Crippen MR) is 70.7 cm³/mol. The van der Waals surface area contributed by atoms with Crippen molar-refractivity contribution in [1.82, 2.24) is 0 Å². The van der Waals surface area contributed by atoms with Crippen LogP contribution in [-0.2, 0) is 9.53 Å². The summed E-state index contributed by atoms with van der Waals surface area (Å²) in [6.45, 7) is 6.26. The van der Waals surface area contributed by atoms with Gasteiger partial charge in [0.1, 0.15) is 0 Å². The molecule has 0 amide bonds. The van der Waals surface area contributed by atoms with Gasteiger partial charge < -0.3 is 4.74 Å². The Bertz CT molecular complexity index is 337. The lowest BCUT2D eigenvalue weighted by Gasteiger charge is -2.25. The second-order valence-corrected chi connectivity index (χ2v) is 4.85. The number of allylic oxidation sites excluding steroid dienone is 3. The molecule has 2 nitrogen and oxygen atoms in total. The molecule has 0 heterocycles. The van der Waals surface area contributed by atoms with E-state index in [4.69, 9.17) is 4.74 Å². The highest BCUT2D eigenvalue weighted by atomic mass is 16.5. The monoisotopic (exact) mass is 236 g/mol. The van der Waals surface area contributed by atoms with Crippen molar-refractivity contribution in [3.63, 3.8) is 0 Å². The molecule has 1 atom stereocenters. The van der Waals surface area contributed by atoms with Crippen molar-refractivity contribution >= 4 is 5.97 Å². The molecule has 0 N–H and O–H groups in total. The molecule has 1 aliphatic rings. The average Bonchev–Trinajstić information content (AvgIpc) is 2.37. The molecule has 1 aliphatic carbocycles. The fourth-order valence-electron chi connectivity index (χ4n) is 2.51. The molecule has 1 saturated carbocycles. The summed E-state index contributed by atoms with van der Waals surface area (Å²) in [7, 11) is 1.44. The third-order valence-electron chi connectivity index (χ3n) is 3.70. The number of carbonyl (C=O) groups excluding carboxylic acids is 1. The zero-order chi connectivity index (χ0) is 12.8. The lowest BCUT2D eigenvalue weighted by atomic mass is 9.80. The molecule has 0 aliphatic heterocycles. The first-order valence-electron chi connectivity index (χ1n) is 6.55. The molecule has 17 heavy (non-hydrogen) atoms. The highest BCUT2D eigenvalue weighted by molar-refractivity contribution is 5.87. The Hall–Kier alpha value is -1.05. The largest absolute Gasteiger partial charge is 0.466 e. The van der Waals surface area contributed by atoms with Crippen molar-refractivity contribution in [3.05, 3.63) is 22.8 Å². The van der Waals surface area contributed by atoms with E-state index >= 15 is 0 Å². The lowest BCUT2D eigenvalue weighted by molar-refractivity contribution is -0.136. The van der Waals surface area contributed by atoms with E-state index in [1.807, 2.05) is 6.92 Å². The van der Waals surface area contributed by atoms with Gasteiger partial charge in [-0.15, -0.1) is 0 Å². The summed E-state index contributed by atoms with van der Waals surface area (Å²) in [4.78, 5) is 11.4. The van der Waals surface area contributed by atoms with Gasteiger partial charge in [-0.2, -0.15) is 0 Å². The second kappa shape index (κ2) is 6.63. The van der Waals surface area contributed by atoms with Crippen molar-refractivity contribution in [1.29, 1.82) is 0 Å². The maximum absolute atomic E-state index is 11.4. The fraction of sp³-hybridized carbons (Fsp3) is 0.667.